The first kappa shape index (κ1) is 12.7. The van der Waals surface area contributed by atoms with Crippen LogP contribution < -0.4 is 5.32 Å². The molecule has 1 fully saturated rings. The second kappa shape index (κ2) is 4.34. The molecular formula is C15H15N3O2. The molecule has 1 aliphatic heterocycles. The van der Waals surface area contributed by atoms with Crippen molar-refractivity contribution in [2.45, 2.75) is 19.3 Å². The van der Waals surface area contributed by atoms with E-state index in [-0.39, 0.29) is 17.2 Å². The Bertz CT molecular complexity index is 641. The van der Waals surface area contributed by atoms with Crippen LogP contribution in [0.15, 0.2) is 18.2 Å². The smallest absolute Gasteiger partial charge is 0.261 e. The number of hydrogen-bond donors (Lipinski definition) is 1. The average Bonchev–Trinajstić information content (AvgIpc) is 3.19. The normalized spacial score (nSPS) is 18.7. The Morgan fingerprint density at radius 3 is 2.65 bits per heavy atom. The van der Waals surface area contributed by atoms with Crippen molar-refractivity contribution in [2.75, 3.05) is 18.9 Å². The minimum absolute atomic E-state index is 0.102. The SMILES string of the molecule is CN1C(=O)c2ccc(NCC3(CC#N)CC3)cc2C1=O. The van der Waals surface area contributed by atoms with Crippen LogP contribution in [0.25, 0.3) is 0 Å². The van der Waals surface area contributed by atoms with Crippen LogP contribution in [0.4, 0.5) is 5.69 Å². The molecule has 102 valence electrons. The third-order valence-electron chi connectivity index (χ3n) is 4.17. The van der Waals surface area contributed by atoms with E-state index in [9.17, 15) is 9.59 Å². The molecule has 1 aliphatic carbocycles. The van der Waals surface area contributed by atoms with Gasteiger partial charge in [-0.1, -0.05) is 0 Å². The van der Waals surface area contributed by atoms with Gasteiger partial charge in [0.25, 0.3) is 11.8 Å². The van der Waals surface area contributed by atoms with Gasteiger partial charge in [0.1, 0.15) is 0 Å². The highest BCUT2D eigenvalue weighted by Gasteiger charge is 2.42. The maximum Gasteiger partial charge on any atom is 0.261 e. The highest BCUT2D eigenvalue weighted by molar-refractivity contribution is 6.21. The summed E-state index contributed by atoms with van der Waals surface area (Å²) in [6, 6.07) is 7.44. The van der Waals surface area contributed by atoms with Crippen molar-refractivity contribution in [1.82, 2.24) is 4.90 Å². The first-order valence-electron chi connectivity index (χ1n) is 6.64. The van der Waals surface area contributed by atoms with Crippen molar-refractivity contribution in [1.29, 1.82) is 5.26 Å². The third kappa shape index (κ3) is 1.94. The van der Waals surface area contributed by atoms with Gasteiger partial charge in [-0.2, -0.15) is 5.26 Å². The lowest BCUT2D eigenvalue weighted by molar-refractivity contribution is 0.0693. The van der Waals surface area contributed by atoms with E-state index in [2.05, 4.69) is 11.4 Å². The van der Waals surface area contributed by atoms with Gasteiger partial charge in [-0.3, -0.25) is 14.5 Å². The molecule has 0 aromatic heterocycles. The lowest BCUT2D eigenvalue weighted by Crippen LogP contribution is -2.24. The second-order valence-corrected chi connectivity index (χ2v) is 5.62. The number of fused-ring (bicyclic) bond motifs is 1. The van der Waals surface area contributed by atoms with Crippen molar-refractivity contribution >= 4 is 17.5 Å². The summed E-state index contributed by atoms with van der Waals surface area (Å²) in [6.45, 7) is 0.733. The number of nitriles is 1. The zero-order chi connectivity index (χ0) is 14.3. The van der Waals surface area contributed by atoms with E-state index in [4.69, 9.17) is 5.26 Å². The molecule has 3 rings (SSSR count). The van der Waals surface area contributed by atoms with Crippen LogP contribution in [0, 0.1) is 16.7 Å². The van der Waals surface area contributed by atoms with Crippen LogP contribution in [-0.4, -0.2) is 30.3 Å². The fraction of sp³-hybridized carbons (Fsp3) is 0.400. The van der Waals surface area contributed by atoms with Gasteiger partial charge >= 0.3 is 0 Å². The summed E-state index contributed by atoms with van der Waals surface area (Å²) in [5.74, 6) is -0.508. The largest absolute Gasteiger partial charge is 0.384 e. The first-order valence-corrected chi connectivity index (χ1v) is 6.64. The summed E-state index contributed by atoms with van der Waals surface area (Å²) in [5.41, 5.74) is 1.84. The minimum Gasteiger partial charge on any atom is -0.384 e. The van der Waals surface area contributed by atoms with Gasteiger partial charge in [0.2, 0.25) is 0 Å². The summed E-state index contributed by atoms with van der Waals surface area (Å²) >= 11 is 0. The Labute approximate surface area is 117 Å². The number of amides is 2. The Morgan fingerprint density at radius 2 is 2.00 bits per heavy atom. The average molecular weight is 269 g/mol. The number of nitrogens with zero attached hydrogens (tertiary/aromatic N) is 2. The third-order valence-corrected chi connectivity index (χ3v) is 4.17. The predicted molar refractivity (Wildman–Crippen MR) is 73.3 cm³/mol. The summed E-state index contributed by atoms with van der Waals surface area (Å²) < 4.78 is 0. The number of anilines is 1. The number of carbonyl (C=O) groups excluding carboxylic acids is 2. The van der Waals surface area contributed by atoms with E-state index < -0.39 is 0 Å². The van der Waals surface area contributed by atoms with Gasteiger partial charge in [0, 0.05) is 31.1 Å². The van der Waals surface area contributed by atoms with Gasteiger partial charge in [-0.25, -0.2) is 0 Å². The summed E-state index contributed by atoms with van der Waals surface area (Å²) in [4.78, 5) is 24.8. The van der Waals surface area contributed by atoms with E-state index in [0.717, 1.165) is 30.0 Å². The van der Waals surface area contributed by atoms with Crippen LogP contribution in [0.5, 0.6) is 0 Å². The molecule has 0 radical (unpaired) electrons. The van der Waals surface area contributed by atoms with Gasteiger partial charge < -0.3 is 5.32 Å². The zero-order valence-corrected chi connectivity index (χ0v) is 11.3. The fourth-order valence-corrected chi connectivity index (χ4v) is 2.52. The van der Waals surface area contributed by atoms with Crippen molar-refractivity contribution in [3.05, 3.63) is 29.3 Å². The maximum atomic E-state index is 11.9. The molecule has 1 saturated carbocycles. The molecule has 1 aromatic rings. The number of rotatable bonds is 4. The summed E-state index contributed by atoms with van der Waals surface area (Å²) in [7, 11) is 1.49. The lowest BCUT2D eigenvalue weighted by atomic mass is 10.0. The quantitative estimate of drug-likeness (QED) is 0.849. The number of benzene rings is 1. The molecule has 0 bridgehead atoms. The standard InChI is InChI=1S/C15H15N3O2/c1-18-13(19)11-3-2-10(8-12(11)14(18)20)17-9-15(4-5-15)6-7-16/h2-3,8,17H,4-6,9H2,1H3. The van der Waals surface area contributed by atoms with Gasteiger partial charge in [-0.05, 0) is 31.0 Å². The molecule has 5 nitrogen and oxygen atoms in total. The van der Waals surface area contributed by atoms with Crippen molar-refractivity contribution < 1.29 is 9.59 Å². The molecule has 0 saturated heterocycles. The molecule has 2 amide bonds. The van der Waals surface area contributed by atoms with E-state index >= 15 is 0 Å². The van der Waals surface area contributed by atoms with Crippen LogP contribution in [0.1, 0.15) is 40.0 Å². The molecule has 0 spiro atoms. The molecule has 1 N–H and O–H groups in total. The minimum atomic E-state index is -0.258. The van der Waals surface area contributed by atoms with Crippen LogP contribution in [-0.2, 0) is 0 Å². The maximum absolute atomic E-state index is 11.9. The van der Waals surface area contributed by atoms with Gasteiger partial charge in [0.15, 0.2) is 0 Å². The molecule has 0 unspecified atom stereocenters. The monoisotopic (exact) mass is 269 g/mol. The number of hydrogen-bond acceptors (Lipinski definition) is 4. The summed E-state index contributed by atoms with van der Waals surface area (Å²) in [5, 5.41) is 12.1. The Morgan fingerprint density at radius 1 is 1.30 bits per heavy atom. The van der Waals surface area contributed by atoms with E-state index in [0.29, 0.717) is 17.5 Å². The van der Waals surface area contributed by atoms with Crippen LogP contribution >= 0.6 is 0 Å². The number of nitrogens with one attached hydrogen (secondary N) is 1. The van der Waals surface area contributed by atoms with Crippen molar-refractivity contribution in [2.24, 2.45) is 5.41 Å². The zero-order valence-electron chi connectivity index (χ0n) is 11.3. The fourth-order valence-electron chi connectivity index (χ4n) is 2.52. The lowest BCUT2D eigenvalue weighted by Gasteiger charge is -2.13. The number of carbonyl (C=O) groups is 2. The van der Waals surface area contributed by atoms with Crippen LogP contribution in [0.2, 0.25) is 0 Å². The summed E-state index contributed by atoms with van der Waals surface area (Å²) in [6.07, 6.45) is 2.70. The topological polar surface area (TPSA) is 73.2 Å². The molecule has 20 heavy (non-hydrogen) atoms. The Hall–Kier alpha value is -2.35. The van der Waals surface area contributed by atoms with E-state index in [1.165, 1.54) is 7.05 Å². The van der Waals surface area contributed by atoms with Crippen LogP contribution in [0.3, 0.4) is 0 Å². The molecular weight excluding hydrogens is 254 g/mol. The highest BCUT2D eigenvalue weighted by atomic mass is 16.2. The first-order chi connectivity index (χ1) is 9.56. The highest BCUT2D eigenvalue weighted by Crippen LogP contribution is 2.48. The Kier molecular flexibility index (Phi) is 2.75. The van der Waals surface area contributed by atoms with E-state index in [1.807, 2.05) is 6.07 Å². The molecule has 2 aliphatic rings. The van der Waals surface area contributed by atoms with Crippen molar-refractivity contribution in [3.63, 3.8) is 0 Å². The van der Waals surface area contributed by atoms with E-state index in [1.54, 1.807) is 12.1 Å². The second-order valence-electron chi connectivity index (χ2n) is 5.62. The van der Waals surface area contributed by atoms with Crippen molar-refractivity contribution in [3.8, 4) is 6.07 Å². The van der Waals surface area contributed by atoms with Gasteiger partial charge in [-0.15, -0.1) is 0 Å². The predicted octanol–water partition coefficient (Wildman–Crippen LogP) is 2.02. The molecule has 1 heterocycles. The molecule has 5 heteroatoms. The molecule has 0 atom stereocenters. The van der Waals surface area contributed by atoms with Gasteiger partial charge in [0.05, 0.1) is 17.2 Å². The Balaban J connectivity index is 1.76. The number of imide groups is 1. The molecule has 1 aromatic carbocycles.